The van der Waals surface area contributed by atoms with Crippen molar-refractivity contribution in [3.8, 4) is 0 Å². The molecule has 4 nitrogen and oxygen atoms in total. The maximum atomic E-state index is 11.2. The highest BCUT2D eigenvalue weighted by Gasteiger charge is 2.16. The fraction of sp³-hybridized carbons (Fsp3) is 0.261. The summed E-state index contributed by atoms with van der Waals surface area (Å²) >= 11 is 0. The smallest absolute Gasteiger partial charge is 0.335 e. The van der Waals surface area contributed by atoms with E-state index in [4.69, 9.17) is 0 Å². The van der Waals surface area contributed by atoms with Crippen LogP contribution in [0, 0.1) is 0 Å². The van der Waals surface area contributed by atoms with E-state index in [0.29, 0.717) is 11.6 Å². The zero-order valence-corrected chi connectivity index (χ0v) is 15.2. The second-order valence-corrected chi connectivity index (χ2v) is 7.18. The Hall–Kier alpha value is -2.85. The normalized spacial score (nSPS) is 17.0. The van der Waals surface area contributed by atoms with Gasteiger partial charge in [0.2, 0.25) is 0 Å². The molecule has 1 aliphatic heterocycles. The van der Waals surface area contributed by atoms with E-state index in [9.17, 15) is 9.90 Å². The molecule has 4 rings (SSSR count). The van der Waals surface area contributed by atoms with Gasteiger partial charge in [0.25, 0.3) is 0 Å². The first kappa shape index (κ1) is 17.6. The van der Waals surface area contributed by atoms with Crippen molar-refractivity contribution in [1.82, 2.24) is 10.3 Å². The number of aromatic nitrogens is 1. The number of aryl methyl sites for hydroxylation is 1. The number of carboxylic acid groups (broad SMARTS) is 1. The van der Waals surface area contributed by atoms with Crippen LogP contribution in [-0.2, 0) is 6.42 Å². The number of carboxylic acids is 1. The van der Waals surface area contributed by atoms with Gasteiger partial charge in [-0.15, -0.1) is 0 Å². The summed E-state index contributed by atoms with van der Waals surface area (Å²) in [6.45, 7) is 0.921. The standard InChI is InChI=1S/C23H24N2O2/c26-23(27)18-9-10-22-21(14-18)19(15-25-22)7-4-8-20-13-17(11-12-24-20)16-5-2-1-3-6-16/h1-3,5-6,9-11,14-15,20,24-25H,4,7-8,12-13H2,(H,26,27). The molecule has 1 aliphatic rings. The molecule has 0 spiro atoms. The molecule has 4 heteroatoms. The van der Waals surface area contributed by atoms with Gasteiger partial charge in [0.05, 0.1) is 5.56 Å². The first-order valence-electron chi connectivity index (χ1n) is 9.52. The molecule has 0 saturated carbocycles. The number of hydrogen-bond acceptors (Lipinski definition) is 2. The Kier molecular flexibility index (Phi) is 5.07. The summed E-state index contributed by atoms with van der Waals surface area (Å²) in [4.78, 5) is 14.5. The van der Waals surface area contributed by atoms with E-state index in [1.165, 1.54) is 16.7 Å². The van der Waals surface area contributed by atoms with Crippen LogP contribution in [0.15, 0.2) is 60.8 Å². The molecule has 0 saturated heterocycles. The topological polar surface area (TPSA) is 65.1 Å². The molecule has 0 aliphatic carbocycles. The summed E-state index contributed by atoms with van der Waals surface area (Å²) in [5.41, 5.74) is 5.29. The molecular formula is C23H24N2O2. The van der Waals surface area contributed by atoms with Gasteiger partial charge in [-0.2, -0.15) is 0 Å². The van der Waals surface area contributed by atoms with Crippen LogP contribution in [0.1, 0.15) is 40.7 Å². The van der Waals surface area contributed by atoms with Gasteiger partial charge in [-0.05, 0) is 60.6 Å². The Morgan fingerprint density at radius 1 is 1.15 bits per heavy atom. The summed E-state index contributed by atoms with van der Waals surface area (Å²) in [5, 5.41) is 13.8. The Bertz CT molecular complexity index is 972. The fourth-order valence-electron chi connectivity index (χ4n) is 3.92. The molecule has 0 radical (unpaired) electrons. The minimum atomic E-state index is -0.879. The minimum absolute atomic E-state index is 0.343. The van der Waals surface area contributed by atoms with Crippen LogP contribution in [0.5, 0.6) is 0 Å². The van der Waals surface area contributed by atoms with Crippen LogP contribution < -0.4 is 5.32 Å². The zero-order valence-electron chi connectivity index (χ0n) is 15.2. The lowest BCUT2D eigenvalue weighted by Gasteiger charge is -2.24. The van der Waals surface area contributed by atoms with Crippen molar-refractivity contribution in [1.29, 1.82) is 0 Å². The fourth-order valence-corrected chi connectivity index (χ4v) is 3.92. The highest BCUT2D eigenvalue weighted by atomic mass is 16.4. The third-order valence-corrected chi connectivity index (χ3v) is 5.38. The Labute approximate surface area is 158 Å². The zero-order chi connectivity index (χ0) is 18.6. The lowest BCUT2D eigenvalue weighted by Crippen LogP contribution is -2.32. The van der Waals surface area contributed by atoms with Gasteiger partial charge >= 0.3 is 5.97 Å². The van der Waals surface area contributed by atoms with E-state index in [-0.39, 0.29) is 0 Å². The molecule has 0 amide bonds. The number of fused-ring (bicyclic) bond motifs is 1. The molecule has 0 fully saturated rings. The van der Waals surface area contributed by atoms with Gasteiger partial charge in [-0.3, -0.25) is 0 Å². The van der Waals surface area contributed by atoms with Crippen molar-refractivity contribution >= 4 is 22.4 Å². The van der Waals surface area contributed by atoms with E-state index in [1.54, 1.807) is 12.1 Å². The maximum absolute atomic E-state index is 11.2. The van der Waals surface area contributed by atoms with E-state index in [1.807, 2.05) is 12.3 Å². The lowest BCUT2D eigenvalue weighted by atomic mass is 9.92. The van der Waals surface area contributed by atoms with Crippen molar-refractivity contribution in [2.75, 3.05) is 6.54 Å². The van der Waals surface area contributed by atoms with Gasteiger partial charge in [0.15, 0.2) is 0 Å². The number of rotatable bonds is 6. The second kappa shape index (κ2) is 7.80. The number of hydrogen-bond donors (Lipinski definition) is 3. The maximum Gasteiger partial charge on any atom is 0.335 e. The van der Waals surface area contributed by atoms with Crippen molar-refractivity contribution in [2.24, 2.45) is 0 Å². The second-order valence-electron chi connectivity index (χ2n) is 7.18. The third kappa shape index (κ3) is 3.96. The van der Waals surface area contributed by atoms with Crippen LogP contribution >= 0.6 is 0 Å². The Morgan fingerprint density at radius 2 is 2.00 bits per heavy atom. The highest BCUT2D eigenvalue weighted by molar-refractivity contribution is 5.94. The van der Waals surface area contributed by atoms with Crippen LogP contribution in [-0.4, -0.2) is 28.6 Å². The van der Waals surface area contributed by atoms with Gasteiger partial charge in [-0.1, -0.05) is 36.4 Å². The number of aromatic carboxylic acids is 1. The lowest BCUT2D eigenvalue weighted by molar-refractivity contribution is 0.0697. The average molecular weight is 360 g/mol. The van der Waals surface area contributed by atoms with E-state index in [0.717, 1.165) is 43.1 Å². The van der Waals surface area contributed by atoms with Crippen LogP contribution in [0.25, 0.3) is 16.5 Å². The summed E-state index contributed by atoms with van der Waals surface area (Å²) in [7, 11) is 0. The molecule has 1 unspecified atom stereocenters. The summed E-state index contributed by atoms with van der Waals surface area (Å²) in [6, 6.07) is 16.4. The van der Waals surface area contributed by atoms with Crippen molar-refractivity contribution < 1.29 is 9.90 Å². The molecular weight excluding hydrogens is 336 g/mol. The van der Waals surface area contributed by atoms with Crippen molar-refractivity contribution in [3.63, 3.8) is 0 Å². The molecule has 27 heavy (non-hydrogen) atoms. The molecule has 1 aromatic heterocycles. The van der Waals surface area contributed by atoms with E-state index in [2.05, 4.69) is 46.7 Å². The van der Waals surface area contributed by atoms with Crippen LogP contribution in [0.3, 0.4) is 0 Å². The number of aromatic amines is 1. The van der Waals surface area contributed by atoms with Crippen molar-refractivity contribution in [2.45, 2.75) is 31.7 Å². The predicted octanol–water partition coefficient (Wildman–Crippen LogP) is 4.63. The van der Waals surface area contributed by atoms with Gasteiger partial charge in [0, 0.05) is 29.7 Å². The molecule has 3 N–H and O–H groups in total. The Balaban J connectivity index is 1.37. The molecule has 2 aromatic carbocycles. The first-order chi connectivity index (χ1) is 13.2. The predicted molar refractivity (Wildman–Crippen MR) is 109 cm³/mol. The average Bonchev–Trinajstić information content (AvgIpc) is 3.11. The van der Waals surface area contributed by atoms with Gasteiger partial charge in [0.1, 0.15) is 0 Å². The van der Waals surface area contributed by atoms with Crippen LogP contribution in [0.4, 0.5) is 0 Å². The molecule has 138 valence electrons. The summed E-state index contributed by atoms with van der Waals surface area (Å²) in [5.74, 6) is -0.879. The first-order valence-corrected chi connectivity index (χ1v) is 9.52. The molecule has 1 atom stereocenters. The summed E-state index contributed by atoms with van der Waals surface area (Å²) < 4.78 is 0. The number of H-pyrrole nitrogens is 1. The molecule has 2 heterocycles. The Morgan fingerprint density at radius 3 is 2.81 bits per heavy atom. The third-order valence-electron chi connectivity index (χ3n) is 5.38. The number of carbonyl (C=O) groups is 1. The number of benzene rings is 2. The van der Waals surface area contributed by atoms with Crippen molar-refractivity contribution in [3.05, 3.63) is 77.5 Å². The van der Waals surface area contributed by atoms with E-state index < -0.39 is 5.97 Å². The SMILES string of the molecule is O=C(O)c1ccc2[nH]cc(CCCC3CC(c4ccccc4)=CCN3)c2c1. The molecule has 3 aromatic rings. The van der Waals surface area contributed by atoms with Crippen LogP contribution in [0.2, 0.25) is 0 Å². The largest absolute Gasteiger partial charge is 0.478 e. The van der Waals surface area contributed by atoms with E-state index >= 15 is 0 Å². The number of nitrogens with one attached hydrogen (secondary N) is 2. The van der Waals surface area contributed by atoms with Gasteiger partial charge < -0.3 is 15.4 Å². The molecule has 0 bridgehead atoms. The minimum Gasteiger partial charge on any atom is -0.478 e. The quantitative estimate of drug-likeness (QED) is 0.600. The van der Waals surface area contributed by atoms with Gasteiger partial charge in [-0.25, -0.2) is 4.79 Å². The summed E-state index contributed by atoms with van der Waals surface area (Å²) in [6.07, 6.45) is 8.49. The monoisotopic (exact) mass is 360 g/mol. The highest BCUT2D eigenvalue weighted by Crippen LogP contribution is 2.26.